The molecule has 7 heteroatoms. The van der Waals surface area contributed by atoms with Crippen LogP contribution < -0.4 is 10.3 Å². The molecule has 0 saturated heterocycles. The van der Waals surface area contributed by atoms with Crippen LogP contribution in [0, 0.1) is 5.92 Å². The Bertz CT molecular complexity index is 803. The minimum Gasteiger partial charge on any atom is -0.497 e. The Balaban J connectivity index is 2.20. The third-order valence-electron chi connectivity index (χ3n) is 4.68. The molecule has 128 valence electrons. The zero-order chi connectivity index (χ0) is 17.5. The van der Waals surface area contributed by atoms with Gasteiger partial charge >= 0.3 is 5.97 Å². The lowest BCUT2D eigenvalue weighted by molar-refractivity contribution is -0.156. The Labute approximate surface area is 138 Å². The highest BCUT2D eigenvalue weighted by atomic mass is 16.5. The zero-order valence-corrected chi connectivity index (χ0v) is 13.8. The van der Waals surface area contributed by atoms with Gasteiger partial charge in [0.15, 0.2) is 0 Å². The predicted molar refractivity (Wildman–Crippen MR) is 86.1 cm³/mol. The lowest BCUT2D eigenvalue weighted by Crippen LogP contribution is -2.49. The van der Waals surface area contributed by atoms with E-state index in [1.807, 2.05) is 0 Å². The third-order valence-corrected chi connectivity index (χ3v) is 4.68. The summed E-state index contributed by atoms with van der Waals surface area (Å²) in [5.41, 5.74) is 0.149. The Morgan fingerprint density at radius 3 is 2.50 bits per heavy atom. The summed E-state index contributed by atoms with van der Waals surface area (Å²) in [7, 11) is 2.84. The van der Waals surface area contributed by atoms with Gasteiger partial charge in [-0.3, -0.25) is 14.7 Å². The number of hydrogen-bond donors (Lipinski definition) is 3. The lowest BCUT2D eigenvalue weighted by atomic mass is 9.66. The van der Waals surface area contributed by atoms with Crippen LogP contribution in [0.5, 0.6) is 5.75 Å². The fourth-order valence-electron chi connectivity index (χ4n) is 3.55. The maximum Gasteiger partial charge on any atom is 0.312 e. The average Bonchev–Trinajstić information content (AvgIpc) is 2.92. The normalized spacial score (nSPS) is 25.8. The molecule has 0 aliphatic heterocycles. The van der Waals surface area contributed by atoms with E-state index in [0.29, 0.717) is 17.0 Å². The van der Waals surface area contributed by atoms with E-state index in [1.165, 1.54) is 7.11 Å². The summed E-state index contributed by atoms with van der Waals surface area (Å²) in [5.74, 6) is -1.39. The van der Waals surface area contributed by atoms with Gasteiger partial charge < -0.3 is 19.7 Å². The van der Waals surface area contributed by atoms with Gasteiger partial charge in [0.2, 0.25) is 0 Å². The highest BCUT2D eigenvalue weighted by Crippen LogP contribution is 2.44. The molecule has 1 aromatic carbocycles. The second-order valence-electron chi connectivity index (χ2n) is 6.26. The van der Waals surface area contributed by atoms with Gasteiger partial charge in [0.25, 0.3) is 5.56 Å². The maximum atomic E-state index is 12.4. The summed E-state index contributed by atoms with van der Waals surface area (Å²) in [6, 6.07) is 7.09. The van der Waals surface area contributed by atoms with Crippen molar-refractivity contribution in [3.8, 4) is 5.75 Å². The van der Waals surface area contributed by atoms with Gasteiger partial charge in [-0.05, 0) is 24.6 Å². The predicted octanol–water partition coefficient (Wildman–Crippen LogP) is 0.940. The van der Waals surface area contributed by atoms with Crippen LogP contribution in [0.3, 0.4) is 0 Å². The molecule has 0 radical (unpaired) electrons. The number of fused-ring (bicyclic) bond motifs is 1. The first-order valence-electron chi connectivity index (χ1n) is 7.62. The lowest BCUT2D eigenvalue weighted by Gasteiger charge is -2.40. The zero-order valence-electron chi connectivity index (χ0n) is 13.8. The van der Waals surface area contributed by atoms with Crippen molar-refractivity contribution in [1.82, 2.24) is 10.2 Å². The molecule has 24 heavy (non-hydrogen) atoms. The van der Waals surface area contributed by atoms with Crippen LogP contribution in [0.4, 0.5) is 0 Å². The molecule has 1 aromatic heterocycles. The second-order valence-corrected chi connectivity index (χ2v) is 6.26. The number of carbonyl (C=O) groups is 1. The second kappa shape index (κ2) is 5.83. The maximum absolute atomic E-state index is 12.4. The van der Waals surface area contributed by atoms with Gasteiger partial charge in [-0.1, -0.05) is 12.1 Å². The Morgan fingerprint density at radius 2 is 1.92 bits per heavy atom. The number of rotatable bonds is 3. The van der Waals surface area contributed by atoms with E-state index in [0.717, 1.165) is 5.56 Å². The Morgan fingerprint density at radius 1 is 1.25 bits per heavy atom. The van der Waals surface area contributed by atoms with Crippen molar-refractivity contribution in [1.29, 1.82) is 0 Å². The SMILES string of the molecule is COC(=O)[C@H]1[C@@H](c2ccc(OC)cc2)c2c([nH][nH]c2=O)C[C@@]1(C)O. The van der Waals surface area contributed by atoms with Gasteiger partial charge in [-0.25, -0.2) is 0 Å². The van der Waals surface area contributed by atoms with Crippen LogP contribution in [-0.4, -0.2) is 41.1 Å². The van der Waals surface area contributed by atoms with Crippen molar-refractivity contribution in [2.24, 2.45) is 5.92 Å². The Hall–Kier alpha value is -2.54. The van der Waals surface area contributed by atoms with E-state index >= 15 is 0 Å². The molecule has 0 fully saturated rings. The number of H-pyrrole nitrogens is 2. The molecule has 3 N–H and O–H groups in total. The average molecular weight is 332 g/mol. The first-order chi connectivity index (χ1) is 11.4. The minimum absolute atomic E-state index is 0.160. The van der Waals surface area contributed by atoms with E-state index < -0.39 is 23.4 Å². The van der Waals surface area contributed by atoms with Gasteiger partial charge in [-0.15, -0.1) is 0 Å². The number of methoxy groups -OCH3 is 2. The number of aromatic nitrogens is 2. The first-order valence-corrected chi connectivity index (χ1v) is 7.62. The molecule has 1 heterocycles. The van der Waals surface area contributed by atoms with E-state index in [-0.39, 0.29) is 12.0 Å². The molecule has 1 aliphatic carbocycles. The standard InChI is InChI=1S/C17H20N2O5/c1-17(22)8-11-13(15(20)19-18-11)12(14(17)16(21)24-3)9-4-6-10(23-2)7-5-9/h4-7,12,14,22H,8H2,1-3H3,(H2,18,19,20)/t12-,14+,17+/m0/s1. The van der Waals surface area contributed by atoms with Crippen molar-refractivity contribution in [3.63, 3.8) is 0 Å². The molecule has 3 atom stereocenters. The van der Waals surface area contributed by atoms with E-state index in [9.17, 15) is 14.7 Å². The van der Waals surface area contributed by atoms with Crippen LogP contribution in [0.1, 0.15) is 29.7 Å². The molecule has 0 spiro atoms. The van der Waals surface area contributed by atoms with Gasteiger partial charge in [0.05, 0.1) is 25.7 Å². The molecule has 0 amide bonds. The molecular weight excluding hydrogens is 312 g/mol. The van der Waals surface area contributed by atoms with E-state index in [2.05, 4.69) is 10.2 Å². The molecule has 0 unspecified atom stereocenters. The van der Waals surface area contributed by atoms with Crippen LogP contribution in [0.15, 0.2) is 29.1 Å². The number of aliphatic hydroxyl groups is 1. The van der Waals surface area contributed by atoms with Crippen molar-refractivity contribution in [2.45, 2.75) is 24.9 Å². The number of hydrogen-bond acceptors (Lipinski definition) is 5. The number of benzene rings is 1. The number of nitrogens with one attached hydrogen (secondary N) is 2. The third kappa shape index (κ3) is 2.50. The molecule has 2 aromatic rings. The summed E-state index contributed by atoms with van der Waals surface area (Å²) in [6.07, 6.45) is 0.160. The number of ether oxygens (including phenoxy) is 2. The van der Waals surface area contributed by atoms with Crippen molar-refractivity contribution >= 4 is 5.97 Å². The van der Waals surface area contributed by atoms with Crippen LogP contribution >= 0.6 is 0 Å². The van der Waals surface area contributed by atoms with E-state index in [4.69, 9.17) is 9.47 Å². The fourth-order valence-corrected chi connectivity index (χ4v) is 3.55. The molecule has 7 nitrogen and oxygen atoms in total. The summed E-state index contributed by atoms with van der Waals surface area (Å²) >= 11 is 0. The molecule has 0 bridgehead atoms. The van der Waals surface area contributed by atoms with Crippen molar-refractivity contribution < 1.29 is 19.4 Å². The summed E-state index contributed by atoms with van der Waals surface area (Å²) < 4.78 is 10.1. The highest BCUT2D eigenvalue weighted by molar-refractivity contribution is 5.77. The highest BCUT2D eigenvalue weighted by Gasteiger charge is 2.51. The molecule has 1 aliphatic rings. The van der Waals surface area contributed by atoms with Crippen molar-refractivity contribution in [2.75, 3.05) is 14.2 Å². The largest absolute Gasteiger partial charge is 0.497 e. The number of esters is 1. The fraction of sp³-hybridized carbons (Fsp3) is 0.412. The topological polar surface area (TPSA) is 104 Å². The molecule has 3 rings (SSSR count). The van der Waals surface area contributed by atoms with Crippen LogP contribution in [0.2, 0.25) is 0 Å². The summed E-state index contributed by atoms with van der Waals surface area (Å²) in [6.45, 7) is 1.58. The molecular formula is C17H20N2O5. The quantitative estimate of drug-likeness (QED) is 0.726. The smallest absolute Gasteiger partial charge is 0.312 e. The number of aromatic amines is 2. The monoisotopic (exact) mass is 332 g/mol. The van der Waals surface area contributed by atoms with Crippen LogP contribution in [-0.2, 0) is 16.0 Å². The summed E-state index contributed by atoms with van der Waals surface area (Å²) in [5, 5.41) is 16.2. The first kappa shape index (κ1) is 16.3. The van der Waals surface area contributed by atoms with Gasteiger partial charge in [-0.2, -0.15) is 0 Å². The molecule has 0 saturated carbocycles. The van der Waals surface area contributed by atoms with Gasteiger partial charge in [0, 0.05) is 23.6 Å². The minimum atomic E-state index is -1.35. The van der Waals surface area contributed by atoms with Crippen molar-refractivity contribution in [3.05, 3.63) is 51.4 Å². The summed E-state index contributed by atoms with van der Waals surface area (Å²) in [4.78, 5) is 24.7. The Kier molecular flexibility index (Phi) is 3.96. The van der Waals surface area contributed by atoms with Crippen LogP contribution in [0.25, 0.3) is 0 Å². The van der Waals surface area contributed by atoms with Gasteiger partial charge in [0.1, 0.15) is 5.75 Å². The number of carbonyl (C=O) groups excluding carboxylic acids is 1. The van der Waals surface area contributed by atoms with E-state index in [1.54, 1.807) is 38.3 Å².